The lowest BCUT2D eigenvalue weighted by molar-refractivity contribution is -0.122. The predicted octanol–water partition coefficient (Wildman–Crippen LogP) is 2.20. The summed E-state index contributed by atoms with van der Waals surface area (Å²) in [5.41, 5.74) is 0. The zero-order valence-corrected chi connectivity index (χ0v) is 16.6. The molecule has 0 spiro atoms. The largest absolute Gasteiger partial charge is 0.355 e. The maximum Gasteiger partial charge on any atom is 0.241 e. The first kappa shape index (κ1) is 18.5. The summed E-state index contributed by atoms with van der Waals surface area (Å²) in [5, 5.41) is 8.98. The normalized spacial score (nSPS) is 16.2. The van der Waals surface area contributed by atoms with E-state index >= 15 is 0 Å². The molecule has 0 atom stereocenters. The van der Waals surface area contributed by atoms with E-state index in [9.17, 15) is 4.79 Å². The van der Waals surface area contributed by atoms with Crippen LogP contribution in [0.3, 0.4) is 0 Å². The first-order chi connectivity index (χ1) is 12.1. The molecule has 1 saturated heterocycles. The highest BCUT2D eigenvalue weighted by Crippen LogP contribution is 2.27. The van der Waals surface area contributed by atoms with Gasteiger partial charge in [-0.3, -0.25) is 14.6 Å². The Balaban J connectivity index is 1.45. The van der Waals surface area contributed by atoms with Crippen molar-refractivity contribution in [2.45, 2.75) is 19.9 Å². The summed E-state index contributed by atoms with van der Waals surface area (Å²) in [4.78, 5) is 21.7. The standard InChI is InChI=1S/C16H22BrN5O2S/c1-2-3-18-14(23)9-21-4-6-22(7-5-21)10-15-19-16(20-24-15)13-8-12(17)11-25-13/h8,11H,2-7,9-10H2,1H3,(H,18,23). The molecule has 3 rings (SSSR count). The molecule has 0 saturated carbocycles. The molecule has 0 unspecified atom stereocenters. The van der Waals surface area contributed by atoms with Crippen molar-refractivity contribution in [2.75, 3.05) is 39.3 Å². The van der Waals surface area contributed by atoms with Crippen molar-refractivity contribution in [3.63, 3.8) is 0 Å². The second-order valence-electron chi connectivity index (χ2n) is 6.04. The minimum Gasteiger partial charge on any atom is -0.355 e. The van der Waals surface area contributed by atoms with E-state index in [1.165, 1.54) is 0 Å². The van der Waals surface area contributed by atoms with Crippen LogP contribution in [0.1, 0.15) is 19.2 Å². The number of amides is 1. The molecular weight excluding hydrogens is 406 g/mol. The number of hydrogen-bond donors (Lipinski definition) is 1. The van der Waals surface area contributed by atoms with Gasteiger partial charge in [0.25, 0.3) is 0 Å². The van der Waals surface area contributed by atoms with Crippen molar-refractivity contribution >= 4 is 33.2 Å². The third-order valence-electron chi connectivity index (χ3n) is 4.02. The van der Waals surface area contributed by atoms with Gasteiger partial charge < -0.3 is 9.84 Å². The fraction of sp³-hybridized carbons (Fsp3) is 0.562. The van der Waals surface area contributed by atoms with Gasteiger partial charge in [0.2, 0.25) is 17.6 Å². The van der Waals surface area contributed by atoms with Crippen LogP contribution >= 0.6 is 27.3 Å². The van der Waals surface area contributed by atoms with Gasteiger partial charge in [-0.1, -0.05) is 12.1 Å². The van der Waals surface area contributed by atoms with E-state index in [1.807, 2.05) is 11.4 Å². The molecule has 7 nitrogen and oxygen atoms in total. The molecule has 0 radical (unpaired) electrons. The minimum absolute atomic E-state index is 0.110. The van der Waals surface area contributed by atoms with Gasteiger partial charge in [-0.05, 0) is 28.4 Å². The van der Waals surface area contributed by atoms with Crippen molar-refractivity contribution < 1.29 is 9.32 Å². The molecule has 9 heteroatoms. The zero-order valence-electron chi connectivity index (χ0n) is 14.2. The van der Waals surface area contributed by atoms with Crippen molar-refractivity contribution in [1.82, 2.24) is 25.3 Å². The van der Waals surface area contributed by atoms with Gasteiger partial charge in [-0.25, -0.2) is 0 Å². The zero-order chi connectivity index (χ0) is 17.6. The van der Waals surface area contributed by atoms with Crippen LogP contribution in [0.4, 0.5) is 0 Å². The number of carbonyl (C=O) groups is 1. The number of halogens is 1. The Morgan fingerprint density at radius 2 is 2.12 bits per heavy atom. The number of carbonyl (C=O) groups excluding carboxylic acids is 1. The highest BCUT2D eigenvalue weighted by Gasteiger charge is 2.21. The summed E-state index contributed by atoms with van der Waals surface area (Å²) in [6.45, 7) is 7.46. The Morgan fingerprint density at radius 1 is 1.36 bits per heavy atom. The maximum absolute atomic E-state index is 11.8. The van der Waals surface area contributed by atoms with Crippen LogP contribution in [0.5, 0.6) is 0 Å². The molecule has 1 N–H and O–H groups in total. The Labute approximate surface area is 159 Å². The number of piperazine rings is 1. The molecule has 0 aromatic carbocycles. The molecule has 1 aliphatic heterocycles. The van der Waals surface area contributed by atoms with Gasteiger partial charge in [-0.2, -0.15) is 4.98 Å². The topological polar surface area (TPSA) is 74.5 Å². The monoisotopic (exact) mass is 427 g/mol. The maximum atomic E-state index is 11.8. The lowest BCUT2D eigenvalue weighted by atomic mass is 10.3. The van der Waals surface area contributed by atoms with Crippen LogP contribution in [-0.2, 0) is 11.3 Å². The smallest absolute Gasteiger partial charge is 0.241 e. The number of aromatic nitrogens is 2. The highest BCUT2D eigenvalue weighted by atomic mass is 79.9. The summed E-state index contributed by atoms with van der Waals surface area (Å²) in [6.07, 6.45) is 0.966. The van der Waals surface area contributed by atoms with Crippen LogP contribution in [0.25, 0.3) is 10.7 Å². The van der Waals surface area contributed by atoms with Crippen molar-refractivity contribution in [3.8, 4) is 10.7 Å². The number of thiophene rings is 1. The molecule has 2 aromatic rings. The van der Waals surface area contributed by atoms with Crippen LogP contribution in [0, 0.1) is 0 Å². The molecule has 1 amide bonds. The first-order valence-electron chi connectivity index (χ1n) is 8.42. The van der Waals surface area contributed by atoms with Crippen molar-refractivity contribution in [1.29, 1.82) is 0 Å². The Morgan fingerprint density at radius 3 is 2.80 bits per heavy atom. The molecule has 1 aliphatic rings. The molecule has 1 fully saturated rings. The number of hydrogen-bond acceptors (Lipinski definition) is 7. The van der Waals surface area contributed by atoms with E-state index in [0.717, 1.165) is 48.5 Å². The van der Waals surface area contributed by atoms with E-state index in [-0.39, 0.29) is 5.91 Å². The molecule has 3 heterocycles. The predicted molar refractivity (Wildman–Crippen MR) is 100 cm³/mol. The van der Waals surface area contributed by atoms with Crippen molar-refractivity contribution in [3.05, 3.63) is 21.8 Å². The number of nitrogens with zero attached hydrogens (tertiary/aromatic N) is 4. The first-order valence-corrected chi connectivity index (χ1v) is 10.1. The lowest BCUT2D eigenvalue weighted by Gasteiger charge is -2.33. The van der Waals surface area contributed by atoms with Crippen LogP contribution in [0.15, 0.2) is 20.4 Å². The molecule has 0 aliphatic carbocycles. The summed E-state index contributed by atoms with van der Waals surface area (Å²) in [7, 11) is 0. The molecule has 2 aromatic heterocycles. The van der Waals surface area contributed by atoms with Gasteiger partial charge in [-0.15, -0.1) is 11.3 Å². The second-order valence-corrected chi connectivity index (χ2v) is 7.87. The quantitative estimate of drug-likeness (QED) is 0.729. The molecule has 0 bridgehead atoms. The van der Waals surface area contributed by atoms with Gasteiger partial charge in [0.15, 0.2) is 0 Å². The molecule has 136 valence electrons. The average Bonchev–Trinajstić information content (AvgIpc) is 3.24. The summed E-state index contributed by atoms with van der Waals surface area (Å²) < 4.78 is 6.40. The van der Waals surface area contributed by atoms with Crippen LogP contribution in [-0.4, -0.2) is 65.1 Å². The lowest BCUT2D eigenvalue weighted by Crippen LogP contribution is -2.49. The van der Waals surface area contributed by atoms with Crippen LogP contribution < -0.4 is 5.32 Å². The van der Waals surface area contributed by atoms with Gasteiger partial charge in [0.1, 0.15) is 0 Å². The minimum atomic E-state index is 0.110. The fourth-order valence-corrected chi connectivity index (χ4v) is 4.02. The third-order valence-corrected chi connectivity index (χ3v) is 5.71. The summed E-state index contributed by atoms with van der Waals surface area (Å²) in [6, 6.07) is 1.99. The highest BCUT2D eigenvalue weighted by molar-refractivity contribution is 9.10. The number of rotatable bonds is 7. The van der Waals surface area contributed by atoms with Gasteiger partial charge in [0.05, 0.1) is 18.0 Å². The van der Waals surface area contributed by atoms with E-state index in [0.29, 0.717) is 24.8 Å². The summed E-state index contributed by atoms with van der Waals surface area (Å²) >= 11 is 5.02. The van der Waals surface area contributed by atoms with Crippen molar-refractivity contribution in [2.24, 2.45) is 0 Å². The third kappa shape index (κ3) is 5.34. The second kappa shape index (κ2) is 8.88. The SMILES string of the molecule is CCCNC(=O)CN1CCN(Cc2nc(-c3cc(Br)cs3)no2)CC1. The Hall–Kier alpha value is -1.29. The number of nitrogens with one attached hydrogen (secondary N) is 1. The van der Waals surface area contributed by atoms with Gasteiger partial charge >= 0.3 is 0 Å². The van der Waals surface area contributed by atoms with E-state index in [1.54, 1.807) is 11.3 Å². The molecule has 25 heavy (non-hydrogen) atoms. The van der Waals surface area contributed by atoms with E-state index in [4.69, 9.17) is 4.52 Å². The Bertz CT molecular complexity index is 696. The average molecular weight is 428 g/mol. The molecular formula is C16H22BrN5O2S. The fourth-order valence-electron chi connectivity index (χ4n) is 2.67. The van der Waals surface area contributed by atoms with Crippen LogP contribution in [0.2, 0.25) is 0 Å². The van der Waals surface area contributed by atoms with Gasteiger partial charge in [0, 0.05) is 42.6 Å². The Kier molecular flexibility index (Phi) is 6.57. The van der Waals surface area contributed by atoms with E-state index in [2.05, 4.69) is 48.1 Å². The van der Waals surface area contributed by atoms with E-state index < -0.39 is 0 Å². The summed E-state index contributed by atoms with van der Waals surface area (Å²) in [5.74, 6) is 1.38.